The lowest BCUT2D eigenvalue weighted by Gasteiger charge is -2.24. The van der Waals surface area contributed by atoms with Gasteiger partial charge in [-0.05, 0) is 43.3 Å². The van der Waals surface area contributed by atoms with Gasteiger partial charge in [-0.3, -0.25) is 9.10 Å². The van der Waals surface area contributed by atoms with Gasteiger partial charge in [0.05, 0.1) is 10.6 Å². The lowest BCUT2D eigenvalue weighted by molar-refractivity contribution is -0.114. The van der Waals surface area contributed by atoms with Crippen LogP contribution in [0.5, 0.6) is 11.5 Å². The maximum atomic E-state index is 14.5. The third-order valence-electron chi connectivity index (χ3n) is 4.67. The van der Waals surface area contributed by atoms with Crippen molar-refractivity contribution in [3.05, 3.63) is 78.1 Å². The highest BCUT2D eigenvalue weighted by Gasteiger charge is 2.29. The highest BCUT2D eigenvalue weighted by molar-refractivity contribution is 7.92. The van der Waals surface area contributed by atoms with Gasteiger partial charge in [0.15, 0.2) is 11.5 Å². The number of rotatable bonds is 6. The molecule has 0 aliphatic carbocycles. The van der Waals surface area contributed by atoms with Gasteiger partial charge in [0.1, 0.15) is 12.4 Å². The second-order valence-electron chi connectivity index (χ2n) is 6.89. The van der Waals surface area contributed by atoms with Gasteiger partial charge in [-0.25, -0.2) is 12.8 Å². The number of anilines is 2. The fraction of sp³-hybridized carbons (Fsp3) is 0.136. The Morgan fingerprint density at radius 1 is 1.03 bits per heavy atom. The van der Waals surface area contributed by atoms with Crippen molar-refractivity contribution in [2.24, 2.45) is 0 Å². The third-order valence-corrected chi connectivity index (χ3v) is 6.45. The number of sulfonamides is 1. The second kappa shape index (κ2) is 8.27. The minimum Gasteiger partial charge on any atom is -0.454 e. The van der Waals surface area contributed by atoms with Gasteiger partial charge in [-0.2, -0.15) is 0 Å². The van der Waals surface area contributed by atoms with Gasteiger partial charge in [0.2, 0.25) is 12.7 Å². The van der Waals surface area contributed by atoms with E-state index in [0.717, 1.165) is 15.9 Å². The Morgan fingerprint density at radius 2 is 1.74 bits per heavy atom. The monoisotopic (exact) mass is 442 g/mol. The zero-order chi connectivity index (χ0) is 22.0. The molecule has 3 aromatic rings. The average Bonchev–Trinajstić information content (AvgIpc) is 3.21. The summed E-state index contributed by atoms with van der Waals surface area (Å²) in [6, 6.07) is 16.3. The maximum Gasteiger partial charge on any atom is 0.264 e. The molecular formula is C22H19FN2O5S. The Balaban J connectivity index is 1.64. The van der Waals surface area contributed by atoms with E-state index in [1.54, 1.807) is 30.3 Å². The summed E-state index contributed by atoms with van der Waals surface area (Å²) >= 11 is 0. The van der Waals surface area contributed by atoms with Crippen LogP contribution in [0.1, 0.15) is 5.56 Å². The number of fused-ring (bicyclic) bond motifs is 1. The number of carbonyl (C=O) groups is 1. The van der Waals surface area contributed by atoms with E-state index in [1.807, 2.05) is 6.92 Å². The van der Waals surface area contributed by atoms with Crippen LogP contribution in [0.2, 0.25) is 0 Å². The second-order valence-corrected chi connectivity index (χ2v) is 8.75. The maximum absolute atomic E-state index is 14.5. The first-order chi connectivity index (χ1) is 14.8. The number of benzene rings is 3. The first kappa shape index (κ1) is 20.7. The Labute approximate surface area is 179 Å². The van der Waals surface area contributed by atoms with Crippen LogP contribution in [0.4, 0.5) is 15.8 Å². The molecule has 0 saturated heterocycles. The van der Waals surface area contributed by atoms with E-state index < -0.39 is 28.3 Å². The van der Waals surface area contributed by atoms with E-state index >= 15 is 0 Å². The summed E-state index contributed by atoms with van der Waals surface area (Å²) in [5.41, 5.74) is 1.05. The molecule has 4 rings (SSSR count). The quantitative estimate of drug-likeness (QED) is 0.629. The minimum absolute atomic E-state index is 0.0442. The molecule has 1 aliphatic rings. The average molecular weight is 442 g/mol. The van der Waals surface area contributed by atoms with Crippen molar-refractivity contribution < 1.29 is 27.1 Å². The molecule has 0 saturated carbocycles. The van der Waals surface area contributed by atoms with E-state index in [4.69, 9.17) is 9.47 Å². The summed E-state index contributed by atoms with van der Waals surface area (Å²) in [7, 11) is -4.20. The zero-order valence-corrected chi connectivity index (χ0v) is 17.4. The lowest BCUT2D eigenvalue weighted by atomic mass is 10.2. The Kier molecular flexibility index (Phi) is 5.51. The van der Waals surface area contributed by atoms with Gasteiger partial charge in [0.25, 0.3) is 10.0 Å². The summed E-state index contributed by atoms with van der Waals surface area (Å²) in [6.45, 7) is 1.29. The molecule has 31 heavy (non-hydrogen) atoms. The molecule has 7 nitrogen and oxygen atoms in total. The Bertz CT molecular complexity index is 1230. The summed E-state index contributed by atoms with van der Waals surface area (Å²) < 4.78 is 52.3. The molecular weight excluding hydrogens is 423 g/mol. The molecule has 0 radical (unpaired) electrons. The molecule has 0 unspecified atom stereocenters. The molecule has 160 valence electrons. The highest BCUT2D eigenvalue weighted by atomic mass is 32.2. The van der Waals surface area contributed by atoms with Crippen LogP contribution in [0.3, 0.4) is 0 Å². The summed E-state index contributed by atoms with van der Waals surface area (Å²) in [5.74, 6) is -0.379. The number of para-hydroxylation sites is 1. The number of hydrogen-bond acceptors (Lipinski definition) is 5. The molecule has 0 aromatic heterocycles. The largest absolute Gasteiger partial charge is 0.454 e. The number of ether oxygens (including phenoxy) is 2. The van der Waals surface area contributed by atoms with Gasteiger partial charge in [-0.1, -0.05) is 29.8 Å². The number of nitrogens with zero attached hydrogens (tertiary/aromatic N) is 1. The van der Waals surface area contributed by atoms with Crippen LogP contribution >= 0.6 is 0 Å². The molecule has 0 bridgehead atoms. The van der Waals surface area contributed by atoms with E-state index in [0.29, 0.717) is 17.2 Å². The van der Waals surface area contributed by atoms with Crippen molar-refractivity contribution in [1.29, 1.82) is 0 Å². The molecule has 1 aliphatic heterocycles. The first-order valence-corrected chi connectivity index (χ1v) is 10.8. The van der Waals surface area contributed by atoms with E-state index in [-0.39, 0.29) is 17.4 Å². The zero-order valence-electron chi connectivity index (χ0n) is 16.5. The van der Waals surface area contributed by atoms with Crippen LogP contribution in [-0.4, -0.2) is 27.7 Å². The molecule has 3 aromatic carbocycles. The molecule has 0 spiro atoms. The third kappa shape index (κ3) is 4.31. The van der Waals surface area contributed by atoms with Crippen LogP contribution in [0, 0.1) is 12.7 Å². The SMILES string of the molecule is Cc1ccc(S(=O)(=O)N(CC(=O)Nc2ccc3c(c2)OCO3)c2ccccc2F)cc1. The van der Waals surface area contributed by atoms with Crippen molar-refractivity contribution in [2.75, 3.05) is 23.0 Å². The predicted octanol–water partition coefficient (Wildman–Crippen LogP) is 3.70. The van der Waals surface area contributed by atoms with E-state index in [9.17, 15) is 17.6 Å². The molecule has 0 atom stereocenters. The number of halogens is 1. The predicted molar refractivity (Wildman–Crippen MR) is 113 cm³/mol. The van der Waals surface area contributed by atoms with Crippen molar-refractivity contribution >= 4 is 27.3 Å². The van der Waals surface area contributed by atoms with Crippen LogP contribution in [-0.2, 0) is 14.8 Å². The Hall–Kier alpha value is -3.59. The molecule has 0 fully saturated rings. The summed E-state index contributed by atoms with van der Waals surface area (Å²) in [5, 5.41) is 2.62. The standard InChI is InChI=1S/C22H19FN2O5S/c1-15-6-9-17(10-7-15)31(27,28)25(19-5-3-2-4-18(19)23)13-22(26)24-16-8-11-20-21(12-16)30-14-29-20/h2-12H,13-14H2,1H3,(H,24,26). The van der Waals surface area contributed by atoms with Crippen LogP contribution < -0.4 is 19.1 Å². The van der Waals surface area contributed by atoms with Crippen molar-refractivity contribution in [3.8, 4) is 11.5 Å². The van der Waals surface area contributed by atoms with Crippen LogP contribution in [0.15, 0.2) is 71.6 Å². The van der Waals surface area contributed by atoms with Gasteiger partial charge in [0, 0.05) is 11.8 Å². The van der Waals surface area contributed by atoms with Crippen LogP contribution in [0.25, 0.3) is 0 Å². The smallest absolute Gasteiger partial charge is 0.264 e. The van der Waals surface area contributed by atoms with Gasteiger partial charge >= 0.3 is 0 Å². The number of carbonyl (C=O) groups excluding carboxylic acids is 1. The Morgan fingerprint density at radius 3 is 2.48 bits per heavy atom. The number of amides is 1. The molecule has 1 N–H and O–H groups in total. The fourth-order valence-corrected chi connectivity index (χ4v) is 4.53. The highest BCUT2D eigenvalue weighted by Crippen LogP contribution is 2.34. The van der Waals surface area contributed by atoms with Crippen molar-refractivity contribution in [3.63, 3.8) is 0 Å². The molecule has 1 heterocycles. The molecule has 9 heteroatoms. The fourth-order valence-electron chi connectivity index (χ4n) is 3.10. The summed E-state index contributed by atoms with van der Waals surface area (Å²) in [6.07, 6.45) is 0. The minimum atomic E-state index is -4.20. The number of nitrogens with one attached hydrogen (secondary N) is 1. The normalized spacial score (nSPS) is 12.5. The van der Waals surface area contributed by atoms with E-state index in [2.05, 4.69) is 5.32 Å². The van der Waals surface area contributed by atoms with E-state index in [1.165, 1.54) is 30.3 Å². The lowest BCUT2D eigenvalue weighted by Crippen LogP contribution is -2.38. The first-order valence-electron chi connectivity index (χ1n) is 9.38. The summed E-state index contributed by atoms with van der Waals surface area (Å²) in [4.78, 5) is 12.7. The number of aryl methyl sites for hydroxylation is 1. The van der Waals surface area contributed by atoms with Gasteiger partial charge < -0.3 is 14.8 Å². The van der Waals surface area contributed by atoms with Gasteiger partial charge in [-0.15, -0.1) is 0 Å². The molecule has 1 amide bonds. The van der Waals surface area contributed by atoms with Crippen molar-refractivity contribution in [1.82, 2.24) is 0 Å². The number of hydrogen-bond donors (Lipinski definition) is 1. The topological polar surface area (TPSA) is 84.9 Å². The van der Waals surface area contributed by atoms with Crippen molar-refractivity contribution in [2.45, 2.75) is 11.8 Å².